The number of anilines is 1. The number of halogens is 1. The van der Waals surface area contributed by atoms with Gasteiger partial charge in [-0.25, -0.2) is 4.79 Å². The van der Waals surface area contributed by atoms with E-state index in [9.17, 15) is 4.79 Å². The number of nitrogens with one attached hydrogen (secondary N) is 1. The Kier molecular flexibility index (Phi) is 4.15. The molecule has 0 bridgehead atoms. The zero-order valence-electron chi connectivity index (χ0n) is 11.7. The van der Waals surface area contributed by atoms with Gasteiger partial charge in [0.25, 0.3) is 0 Å². The van der Waals surface area contributed by atoms with Crippen LogP contribution >= 0.6 is 11.6 Å². The highest BCUT2D eigenvalue weighted by Crippen LogP contribution is 2.23. The van der Waals surface area contributed by atoms with E-state index in [2.05, 4.69) is 22.3 Å². The van der Waals surface area contributed by atoms with E-state index in [4.69, 9.17) is 11.6 Å². The number of carbonyl (C=O) groups is 1. The van der Waals surface area contributed by atoms with E-state index in [0.29, 0.717) is 11.1 Å². The molecule has 1 aromatic heterocycles. The zero-order chi connectivity index (χ0) is 14.7. The van der Waals surface area contributed by atoms with Gasteiger partial charge in [-0.15, -0.1) is 0 Å². The van der Waals surface area contributed by atoms with Crippen LogP contribution in [-0.2, 0) is 0 Å². The number of hydrogen-bond acceptors (Lipinski definition) is 1. The van der Waals surface area contributed by atoms with E-state index in [1.807, 2.05) is 29.2 Å². The van der Waals surface area contributed by atoms with Gasteiger partial charge in [0.15, 0.2) is 0 Å². The highest BCUT2D eigenvalue weighted by Gasteiger charge is 2.23. The Hall–Kier alpha value is -1.94. The first-order valence-corrected chi connectivity index (χ1v) is 7.54. The van der Waals surface area contributed by atoms with Crippen molar-refractivity contribution < 1.29 is 4.79 Å². The van der Waals surface area contributed by atoms with E-state index < -0.39 is 0 Å². The number of likely N-dealkylation sites (tertiary alicyclic amines) is 1. The van der Waals surface area contributed by atoms with Crippen molar-refractivity contribution in [3.8, 4) is 0 Å². The summed E-state index contributed by atoms with van der Waals surface area (Å²) in [6.45, 7) is 1.56. The molecule has 1 aromatic carbocycles. The summed E-state index contributed by atoms with van der Waals surface area (Å²) >= 11 is 5.84. The minimum absolute atomic E-state index is 0.0386. The minimum atomic E-state index is -0.0386. The summed E-state index contributed by atoms with van der Waals surface area (Å²) in [7, 11) is 0. The third-order valence-corrected chi connectivity index (χ3v) is 4.15. The molecular formula is C16H18ClN3O. The van der Waals surface area contributed by atoms with Gasteiger partial charge in [0.1, 0.15) is 0 Å². The third-order valence-electron chi connectivity index (χ3n) is 3.90. The Bertz CT molecular complexity index is 586. The molecule has 1 aliphatic rings. The third kappa shape index (κ3) is 3.39. The van der Waals surface area contributed by atoms with E-state index in [1.165, 1.54) is 0 Å². The highest BCUT2D eigenvalue weighted by molar-refractivity contribution is 6.30. The van der Waals surface area contributed by atoms with Crippen LogP contribution in [0.4, 0.5) is 10.5 Å². The molecule has 110 valence electrons. The molecule has 2 aromatic rings. The van der Waals surface area contributed by atoms with Crippen LogP contribution in [-0.4, -0.2) is 28.6 Å². The van der Waals surface area contributed by atoms with Gasteiger partial charge in [-0.05, 0) is 49.2 Å². The van der Waals surface area contributed by atoms with Gasteiger partial charge in [0, 0.05) is 42.2 Å². The summed E-state index contributed by atoms with van der Waals surface area (Å²) in [5, 5.41) is 3.58. The topological polar surface area (TPSA) is 37.3 Å². The summed E-state index contributed by atoms with van der Waals surface area (Å²) < 4.78 is 2.23. The van der Waals surface area contributed by atoms with Crippen LogP contribution in [0.3, 0.4) is 0 Å². The second kappa shape index (κ2) is 6.22. The number of nitrogens with zero attached hydrogens (tertiary/aromatic N) is 2. The molecule has 3 rings (SSSR count). The summed E-state index contributed by atoms with van der Waals surface area (Å²) in [5.41, 5.74) is 0.775. The molecule has 1 fully saturated rings. The van der Waals surface area contributed by atoms with Gasteiger partial charge < -0.3 is 14.8 Å². The van der Waals surface area contributed by atoms with Crippen molar-refractivity contribution >= 4 is 23.3 Å². The molecule has 2 heterocycles. The lowest BCUT2D eigenvalue weighted by molar-refractivity contribution is 0.184. The molecule has 0 radical (unpaired) electrons. The summed E-state index contributed by atoms with van der Waals surface area (Å²) in [6.07, 6.45) is 6.16. The normalized spacial score (nSPS) is 16.0. The van der Waals surface area contributed by atoms with Crippen LogP contribution in [0.1, 0.15) is 18.9 Å². The molecule has 1 saturated heterocycles. The molecule has 0 spiro atoms. The molecule has 0 aliphatic carbocycles. The SMILES string of the molecule is O=C(Nc1ccc(Cl)cc1)N1CCC(n2cccc2)CC1. The lowest BCUT2D eigenvalue weighted by Gasteiger charge is -2.32. The fourth-order valence-electron chi connectivity index (χ4n) is 2.69. The van der Waals surface area contributed by atoms with Gasteiger partial charge in [0.05, 0.1) is 0 Å². The quantitative estimate of drug-likeness (QED) is 0.894. The van der Waals surface area contributed by atoms with Crippen LogP contribution in [0.5, 0.6) is 0 Å². The van der Waals surface area contributed by atoms with Crippen molar-refractivity contribution in [1.82, 2.24) is 9.47 Å². The number of carbonyl (C=O) groups excluding carboxylic acids is 1. The fraction of sp³-hybridized carbons (Fsp3) is 0.312. The van der Waals surface area contributed by atoms with Crippen molar-refractivity contribution in [2.45, 2.75) is 18.9 Å². The highest BCUT2D eigenvalue weighted by atomic mass is 35.5. The van der Waals surface area contributed by atoms with Crippen molar-refractivity contribution in [3.63, 3.8) is 0 Å². The molecule has 5 heteroatoms. The molecule has 4 nitrogen and oxygen atoms in total. The fourth-order valence-corrected chi connectivity index (χ4v) is 2.82. The van der Waals surface area contributed by atoms with Crippen molar-refractivity contribution in [3.05, 3.63) is 53.8 Å². The van der Waals surface area contributed by atoms with Gasteiger partial charge >= 0.3 is 6.03 Å². The lowest BCUT2D eigenvalue weighted by atomic mass is 10.1. The maximum atomic E-state index is 12.2. The standard InChI is InChI=1S/C16H18ClN3O/c17-13-3-5-14(6-4-13)18-16(21)20-11-7-15(8-12-20)19-9-1-2-10-19/h1-6,9-10,15H,7-8,11-12H2,(H,18,21). The van der Waals surface area contributed by atoms with Gasteiger partial charge in [-0.3, -0.25) is 0 Å². The second-order valence-electron chi connectivity index (χ2n) is 5.29. The van der Waals surface area contributed by atoms with E-state index in [0.717, 1.165) is 31.6 Å². The van der Waals surface area contributed by atoms with Gasteiger partial charge in [-0.1, -0.05) is 11.6 Å². The van der Waals surface area contributed by atoms with Crippen LogP contribution < -0.4 is 5.32 Å². The predicted octanol–water partition coefficient (Wildman–Crippen LogP) is 4.01. The van der Waals surface area contributed by atoms with E-state index in [1.54, 1.807) is 12.1 Å². The second-order valence-corrected chi connectivity index (χ2v) is 5.72. The smallest absolute Gasteiger partial charge is 0.321 e. The maximum Gasteiger partial charge on any atom is 0.321 e. The Morgan fingerprint density at radius 2 is 1.71 bits per heavy atom. The average molecular weight is 304 g/mol. The first kappa shape index (κ1) is 14.0. The lowest BCUT2D eigenvalue weighted by Crippen LogP contribution is -2.41. The molecule has 0 saturated carbocycles. The summed E-state index contributed by atoms with van der Waals surface area (Å²) in [4.78, 5) is 14.1. The molecule has 1 N–H and O–H groups in total. The van der Waals surface area contributed by atoms with Gasteiger partial charge in [-0.2, -0.15) is 0 Å². The minimum Gasteiger partial charge on any atom is -0.351 e. The summed E-state index contributed by atoms with van der Waals surface area (Å²) in [6, 6.07) is 11.7. The number of hydrogen-bond donors (Lipinski definition) is 1. The van der Waals surface area contributed by atoms with E-state index in [-0.39, 0.29) is 6.03 Å². The number of benzene rings is 1. The van der Waals surface area contributed by atoms with Gasteiger partial charge in [0.2, 0.25) is 0 Å². The van der Waals surface area contributed by atoms with Crippen molar-refractivity contribution in [2.24, 2.45) is 0 Å². The number of amides is 2. The number of aromatic nitrogens is 1. The monoisotopic (exact) mass is 303 g/mol. The van der Waals surface area contributed by atoms with Crippen LogP contribution in [0.25, 0.3) is 0 Å². The van der Waals surface area contributed by atoms with Crippen molar-refractivity contribution in [2.75, 3.05) is 18.4 Å². The molecule has 0 unspecified atom stereocenters. The van der Waals surface area contributed by atoms with Crippen LogP contribution in [0, 0.1) is 0 Å². The molecule has 1 aliphatic heterocycles. The van der Waals surface area contributed by atoms with Crippen LogP contribution in [0.15, 0.2) is 48.8 Å². The predicted molar refractivity (Wildman–Crippen MR) is 84.7 cm³/mol. The van der Waals surface area contributed by atoms with Crippen LogP contribution in [0.2, 0.25) is 5.02 Å². The number of rotatable bonds is 2. The maximum absolute atomic E-state index is 12.2. The zero-order valence-corrected chi connectivity index (χ0v) is 12.5. The Balaban J connectivity index is 1.54. The van der Waals surface area contributed by atoms with E-state index >= 15 is 0 Å². The Labute approximate surface area is 129 Å². The Morgan fingerprint density at radius 1 is 1.10 bits per heavy atom. The molecule has 2 amide bonds. The number of urea groups is 1. The molecular weight excluding hydrogens is 286 g/mol. The summed E-state index contributed by atoms with van der Waals surface area (Å²) in [5.74, 6) is 0. The first-order chi connectivity index (χ1) is 10.2. The molecule has 0 atom stereocenters. The number of piperidine rings is 1. The Morgan fingerprint density at radius 3 is 2.33 bits per heavy atom. The average Bonchev–Trinajstić information content (AvgIpc) is 3.04. The molecule has 21 heavy (non-hydrogen) atoms. The van der Waals surface area contributed by atoms with Crippen molar-refractivity contribution in [1.29, 1.82) is 0 Å². The first-order valence-electron chi connectivity index (χ1n) is 7.16. The largest absolute Gasteiger partial charge is 0.351 e.